The number of benzene rings is 2. The third-order valence-electron chi connectivity index (χ3n) is 6.11. The fraction of sp³-hybridized carbons (Fsp3) is 0.259. The zero-order valence-corrected chi connectivity index (χ0v) is 22.0. The Kier molecular flexibility index (Phi) is 6.64. The minimum Gasteiger partial charge on any atom is -0.497 e. The first kappa shape index (κ1) is 24.2. The number of hydrazone groups is 1. The van der Waals surface area contributed by atoms with E-state index in [9.17, 15) is 4.79 Å². The third kappa shape index (κ3) is 4.54. The van der Waals surface area contributed by atoms with Crippen molar-refractivity contribution in [3.63, 3.8) is 0 Å². The van der Waals surface area contributed by atoms with Crippen molar-refractivity contribution in [2.75, 3.05) is 18.7 Å². The molecule has 1 unspecified atom stereocenters. The van der Waals surface area contributed by atoms with Crippen molar-refractivity contribution in [2.24, 2.45) is 5.10 Å². The van der Waals surface area contributed by atoms with E-state index >= 15 is 0 Å². The van der Waals surface area contributed by atoms with Gasteiger partial charge in [0.2, 0.25) is 5.13 Å². The predicted octanol–water partition coefficient (Wildman–Crippen LogP) is 6.50. The summed E-state index contributed by atoms with van der Waals surface area (Å²) in [5.41, 5.74) is 5.48. The normalized spacial score (nSPS) is 15.3. The number of fused-ring (bicyclic) bond motifs is 1. The predicted molar refractivity (Wildman–Crippen MR) is 144 cm³/mol. The molecular formula is C27H25ClN4O3S. The topological polar surface area (TPSA) is 76.9 Å². The molecular weight excluding hydrogens is 496 g/mol. The molecule has 7 nitrogen and oxygen atoms in total. The maximum Gasteiger partial charge on any atom is 0.350 e. The van der Waals surface area contributed by atoms with E-state index in [0.717, 1.165) is 33.5 Å². The summed E-state index contributed by atoms with van der Waals surface area (Å²) >= 11 is 7.75. The summed E-state index contributed by atoms with van der Waals surface area (Å²) in [4.78, 5) is 22.2. The van der Waals surface area contributed by atoms with Crippen molar-refractivity contribution in [3.05, 3.63) is 80.9 Å². The Balaban J connectivity index is 1.65. The van der Waals surface area contributed by atoms with Crippen LogP contribution in [0.15, 0.2) is 53.6 Å². The largest absolute Gasteiger partial charge is 0.497 e. The van der Waals surface area contributed by atoms with Crippen LogP contribution in [0, 0.1) is 13.8 Å². The Hall–Kier alpha value is -3.49. The van der Waals surface area contributed by atoms with Crippen LogP contribution in [-0.2, 0) is 4.74 Å². The second-order valence-electron chi connectivity index (χ2n) is 8.53. The number of thiazole rings is 1. The highest BCUT2D eigenvalue weighted by Crippen LogP contribution is 2.42. The van der Waals surface area contributed by atoms with Crippen LogP contribution >= 0.6 is 22.9 Å². The summed E-state index contributed by atoms with van der Waals surface area (Å²) in [6.45, 7) is 5.96. The lowest BCUT2D eigenvalue weighted by atomic mass is 9.95. The van der Waals surface area contributed by atoms with Crippen LogP contribution in [0.25, 0.3) is 10.9 Å². The number of methoxy groups -OCH3 is 1. The molecule has 0 spiro atoms. The first-order valence-electron chi connectivity index (χ1n) is 11.6. The van der Waals surface area contributed by atoms with Gasteiger partial charge in [-0.05, 0) is 56.2 Å². The van der Waals surface area contributed by atoms with Crippen LogP contribution in [0.5, 0.6) is 5.75 Å². The zero-order valence-electron chi connectivity index (χ0n) is 20.4. The van der Waals surface area contributed by atoms with Crippen molar-refractivity contribution in [2.45, 2.75) is 33.2 Å². The lowest BCUT2D eigenvalue weighted by Crippen LogP contribution is -2.19. The van der Waals surface area contributed by atoms with Crippen LogP contribution in [-0.4, -0.2) is 35.4 Å². The molecule has 0 aliphatic carbocycles. The van der Waals surface area contributed by atoms with Crippen molar-refractivity contribution in [1.29, 1.82) is 0 Å². The summed E-state index contributed by atoms with van der Waals surface area (Å²) in [6.07, 6.45) is 0.628. The number of aryl methyl sites for hydroxylation is 2. The lowest BCUT2D eigenvalue weighted by molar-refractivity contribution is 0.0531. The molecule has 0 bridgehead atoms. The summed E-state index contributed by atoms with van der Waals surface area (Å²) in [7, 11) is 1.64. The Bertz CT molecular complexity index is 1480. The average Bonchev–Trinajstić information content (AvgIpc) is 3.48. The van der Waals surface area contributed by atoms with Gasteiger partial charge >= 0.3 is 5.97 Å². The highest BCUT2D eigenvalue weighted by atomic mass is 35.5. The molecule has 2 aromatic heterocycles. The van der Waals surface area contributed by atoms with Crippen molar-refractivity contribution in [3.8, 4) is 5.75 Å². The van der Waals surface area contributed by atoms with E-state index in [2.05, 4.69) is 36.2 Å². The van der Waals surface area contributed by atoms with E-state index in [0.29, 0.717) is 33.9 Å². The molecule has 1 atom stereocenters. The summed E-state index contributed by atoms with van der Waals surface area (Å²) < 4.78 is 10.7. The number of nitrogens with zero attached hydrogens (tertiary/aromatic N) is 4. The molecule has 0 amide bonds. The van der Waals surface area contributed by atoms with Crippen LogP contribution in [0.1, 0.15) is 51.4 Å². The van der Waals surface area contributed by atoms with Crippen molar-refractivity contribution < 1.29 is 14.3 Å². The molecule has 1 aliphatic rings. The number of hydrogen-bond acceptors (Lipinski definition) is 8. The number of esters is 1. The second-order valence-corrected chi connectivity index (χ2v) is 9.89. The summed E-state index contributed by atoms with van der Waals surface area (Å²) in [6, 6.07) is 15.7. The van der Waals surface area contributed by atoms with Crippen molar-refractivity contribution in [1.82, 2.24) is 9.97 Å². The van der Waals surface area contributed by atoms with Gasteiger partial charge in [0.15, 0.2) is 0 Å². The van der Waals surface area contributed by atoms with E-state index in [1.807, 2.05) is 36.2 Å². The van der Waals surface area contributed by atoms with Gasteiger partial charge in [0.05, 0.1) is 36.7 Å². The van der Waals surface area contributed by atoms with E-state index in [-0.39, 0.29) is 12.0 Å². The van der Waals surface area contributed by atoms with Crippen LogP contribution in [0.4, 0.5) is 5.13 Å². The molecule has 0 saturated carbocycles. The number of ether oxygens (including phenoxy) is 2. The van der Waals surface area contributed by atoms with E-state index < -0.39 is 0 Å². The molecule has 0 N–H and O–H groups in total. The van der Waals surface area contributed by atoms with E-state index in [1.165, 1.54) is 16.9 Å². The minimum absolute atomic E-state index is 0.211. The summed E-state index contributed by atoms with van der Waals surface area (Å²) in [5, 5.41) is 8.83. The molecule has 0 saturated heterocycles. The van der Waals surface area contributed by atoms with Gasteiger partial charge in [0.25, 0.3) is 0 Å². The smallest absolute Gasteiger partial charge is 0.350 e. The average molecular weight is 521 g/mol. The number of rotatable bonds is 6. The van der Waals surface area contributed by atoms with Gasteiger partial charge in [0, 0.05) is 11.8 Å². The lowest BCUT2D eigenvalue weighted by Gasteiger charge is -2.23. The SMILES string of the molecule is CCOC(=O)c1sc(N2N=C(c3ccc(C)cc3)CC2c2cc(Cl)nc3ccc(OC)cc23)nc1C. The Labute approximate surface area is 218 Å². The third-order valence-corrected chi connectivity index (χ3v) is 7.43. The standard InChI is InChI=1S/C27H25ClN4O3S/c1-5-35-26(33)25-16(3)29-27(36-25)32-23(14-22(31-32)17-8-6-15(2)7-9-17)20-13-24(28)30-21-11-10-18(34-4)12-19(20)21/h6-13,23H,5,14H2,1-4H3. The van der Waals surface area contributed by atoms with Gasteiger partial charge in [-0.25, -0.2) is 19.8 Å². The number of halogens is 1. The Morgan fingerprint density at radius 2 is 1.92 bits per heavy atom. The maximum absolute atomic E-state index is 12.5. The fourth-order valence-corrected chi connectivity index (χ4v) is 5.49. The van der Waals surface area contributed by atoms with Crippen LogP contribution in [0.3, 0.4) is 0 Å². The van der Waals surface area contributed by atoms with Gasteiger partial charge in [-0.1, -0.05) is 52.8 Å². The first-order valence-corrected chi connectivity index (χ1v) is 12.8. The number of carbonyl (C=O) groups excluding carboxylic acids is 1. The van der Waals surface area contributed by atoms with Gasteiger partial charge in [-0.3, -0.25) is 0 Å². The molecule has 36 heavy (non-hydrogen) atoms. The highest BCUT2D eigenvalue weighted by Gasteiger charge is 2.34. The fourth-order valence-electron chi connectivity index (χ4n) is 4.32. The summed E-state index contributed by atoms with van der Waals surface area (Å²) in [5.74, 6) is 0.353. The number of pyridine rings is 1. The number of hydrogen-bond donors (Lipinski definition) is 0. The number of carbonyl (C=O) groups is 1. The van der Waals surface area contributed by atoms with Gasteiger partial charge in [-0.2, -0.15) is 5.10 Å². The Morgan fingerprint density at radius 1 is 1.14 bits per heavy atom. The number of aromatic nitrogens is 2. The maximum atomic E-state index is 12.5. The van der Waals surface area contributed by atoms with E-state index in [1.54, 1.807) is 14.0 Å². The first-order chi connectivity index (χ1) is 17.4. The molecule has 4 aromatic rings. The molecule has 3 heterocycles. The molecule has 2 aromatic carbocycles. The zero-order chi connectivity index (χ0) is 25.4. The van der Waals surface area contributed by atoms with Gasteiger partial charge < -0.3 is 9.47 Å². The molecule has 1 aliphatic heterocycles. The van der Waals surface area contributed by atoms with Crippen molar-refractivity contribution >= 4 is 50.7 Å². The van der Waals surface area contributed by atoms with E-state index in [4.69, 9.17) is 31.2 Å². The number of anilines is 1. The highest BCUT2D eigenvalue weighted by molar-refractivity contribution is 7.17. The molecule has 5 rings (SSSR count). The molecule has 9 heteroatoms. The molecule has 0 fully saturated rings. The van der Waals surface area contributed by atoms with Crippen LogP contribution in [0.2, 0.25) is 5.15 Å². The quantitative estimate of drug-likeness (QED) is 0.213. The minimum atomic E-state index is -0.376. The Morgan fingerprint density at radius 3 is 2.64 bits per heavy atom. The van der Waals surface area contributed by atoms with Crippen LogP contribution < -0.4 is 9.75 Å². The second kappa shape index (κ2) is 9.87. The monoisotopic (exact) mass is 520 g/mol. The molecule has 0 radical (unpaired) electrons. The van der Waals surface area contributed by atoms with Gasteiger partial charge in [0.1, 0.15) is 15.8 Å². The molecule has 184 valence electrons. The van der Waals surface area contributed by atoms with Gasteiger partial charge in [-0.15, -0.1) is 0 Å².